The molecule has 27 heavy (non-hydrogen) atoms. The summed E-state index contributed by atoms with van der Waals surface area (Å²) in [5, 5.41) is 8.20. The molecule has 10 heteroatoms. The second kappa shape index (κ2) is 10.5. The van der Waals surface area contributed by atoms with Crippen molar-refractivity contribution >= 4 is 24.2 Å². The van der Waals surface area contributed by atoms with Crippen LogP contribution in [0.2, 0.25) is 0 Å². The van der Waals surface area contributed by atoms with Gasteiger partial charge in [0.25, 0.3) is 5.91 Å². The lowest BCUT2D eigenvalue weighted by Gasteiger charge is -2.20. The molecule has 0 saturated carbocycles. The van der Waals surface area contributed by atoms with Crippen molar-refractivity contribution in [2.45, 2.75) is 31.7 Å². The number of hydrogen-bond donors (Lipinski definition) is 3. The number of benzene rings is 1. The van der Waals surface area contributed by atoms with E-state index in [9.17, 15) is 22.8 Å². The minimum Gasteiger partial charge on any atom is -0.375 e. The third kappa shape index (κ3) is 7.00. The Morgan fingerprint density at radius 2 is 2.04 bits per heavy atom. The number of halogens is 4. The molecular weight excluding hydrogens is 387 g/mol. The lowest BCUT2D eigenvalue weighted by atomic mass is 10.1. The molecular formula is C17H23ClF3N3O3. The highest BCUT2D eigenvalue weighted by atomic mass is 35.5. The van der Waals surface area contributed by atoms with Crippen LogP contribution in [0.15, 0.2) is 24.3 Å². The highest BCUT2D eigenvalue weighted by molar-refractivity contribution is 5.96. The summed E-state index contributed by atoms with van der Waals surface area (Å²) in [6, 6.07) is 3.84. The zero-order valence-corrected chi connectivity index (χ0v) is 15.6. The summed E-state index contributed by atoms with van der Waals surface area (Å²) in [6.45, 7) is 3.43. The third-order valence-electron chi connectivity index (χ3n) is 3.90. The predicted octanol–water partition coefficient (Wildman–Crippen LogP) is 1.74. The lowest BCUT2D eigenvalue weighted by molar-refractivity contribution is -0.137. The molecule has 2 atom stereocenters. The van der Waals surface area contributed by atoms with Crippen molar-refractivity contribution in [3.8, 4) is 0 Å². The number of amides is 2. The monoisotopic (exact) mass is 409 g/mol. The number of carbonyl (C=O) groups excluding carboxylic acids is 2. The number of rotatable bonds is 7. The van der Waals surface area contributed by atoms with Gasteiger partial charge in [0, 0.05) is 25.3 Å². The minimum atomic E-state index is -4.53. The van der Waals surface area contributed by atoms with Gasteiger partial charge >= 0.3 is 6.18 Å². The molecule has 2 rings (SSSR count). The van der Waals surface area contributed by atoms with Crippen molar-refractivity contribution in [3.05, 3.63) is 35.4 Å². The Kier molecular flexibility index (Phi) is 9.01. The first-order valence-electron chi connectivity index (χ1n) is 8.38. The summed E-state index contributed by atoms with van der Waals surface area (Å²) < 4.78 is 43.7. The van der Waals surface area contributed by atoms with Gasteiger partial charge < -0.3 is 20.7 Å². The van der Waals surface area contributed by atoms with Crippen LogP contribution in [0, 0.1) is 0 Å². The van der Waals surface area contributed by atoms with Gasteiger partial charge in [0.15, 0.2) is 0 Å². The van der Waals surface area contributed by atoms with Gasteiger partial charge in [-0.3, -0.25) is 9.59 Å². The molecule has 1 saturated heterocycles. The zero-order chi connectivity index (χ0) is 19.2. The Labute approximate surface area is 161 Å². The average Bonchev–Trinajstić information content (AvgIpc) is 3.04. The van der Waals surface area contributed by atoms with Crippen molar-refractivity contribution in [2.24, 2.45) is 0 Å². The van der Waals surface area contributed by atoms with Crippen LogP contribution in [0.3, 0.4) is 0 Å². The first kappa shape index (κ1) is 23.2. The van der Waals surface area contributed by atoms with E-state index in [0.29, 0.717) is 19.7 Å². The van der Waals surface area contributed by atoms with E-state index in [4.69, 9.17) is 4.74 Å². The van der Waals surface area contributed by atoms with E-state index in [2.05, 4.69) is 16.0 Å². The topological polar surface area (TPSA) is 79.5 Å². The van der Waals surface area contributed by atoms with Crippen molar-refractivity contribution in [1.82, 2.24) is 16.0 Å². The maximum absolute atomic E-state index is 12.7. The third-order valence-corrected chi connectivity index (χ3v) is 3.90. The second-order valence-corrected chi connectivity index (χ2v) is 6.00. The summed E-state index contributed by atoms with van der Waals surface area (Å²) in [5.41, 5.74) is -1.07. The average molecular weight is 410 g/mol. The second-order valence-electron chi connectivity index (χ2n) is 6.00. The summed E-state index contributed by atoms with van der Waals surface area (Å²) in [5.74, 6) is -1.17. The van der Waals surface area contributed by atoms with Gasteiger partial charge in [0.1, 0.15) is 0 Å². The SMILES string of the molecule is CCCOC1CNCC1NC(=O)CNC(=O)c1cccc(C(F)(F)F)c1.Cl. The number of ether oxygens (including phenoxy) is 1. The molecule has 0 aliphatic carbocycles. The molecule has 1 aromatic carbocycles. The number of alkyl halides is 3. The fourth-order valence-electron chi connectivity index (χ4n) is 2.60. The number of carbonyl (C=O) groups is 2. The number of nitrogens with one attached hydrogen (secondary N) is 3. The Bertz CT molecular complexity index is 643. The van der Waals surface area contributed by atoms with E-state index >= 15 is 0 Å². The maximum atomic E-state index is 12.7. The summed E-state index contributed by atoms with van der Waals surface area (Å²) in [4.78, 5) is 24.0. The molecule has 3 N–H and O–H groups in total. The van der Waals surface area contributed by atoms with Crippen LogP contribution >= 0.6 is 12.4 Å². The van der Waals surface area contributed by atoms with Gasteiger partial charge in [-0.05, 0) is 24.6 Å². The van der Waals surface area contributed by atoms with E-state index < -0.39 is 23.6 Å². The van der Waals surface area contributed by atoms with Gasteiger partial charge in [0.05, 0.1) is 24.3 Å². The van der Waals surface area contributed by atoms with Gasteiger partial charge in [-0.25, -0.2) is 0 Å². The fourth-order valence-corrected chi connectivity index (χ4v) is 2.60. The molecule has 0 aromatic heterocycles. The zero-order valence-electron chi connectivity index (χ0n) is 14.8. The van der Waals surface area contributed by atoms with Crippen LogP contribution in [0.5, 0.6) is 0 Å². The summed E-state index contributed by atoms with van der Waals surface area (Å²) in [7, 11) is 0. The van der Waals surface area contributed by atoms with E-state index in [1.807, 2.05) is 6.92 Å². The highest BCUT2D eigenvalue weighted by Crippen LogP contribution is 2.29. The highest BCUT2D eigenvalue weighted by Gasteiger charge is 2.31. The molecule has 6 nitrogen and oxygen atoms in total. The Morgan fingerprint density at radius 3 is 2.70 bits per heavy atom. The molecule has 1 heterocycles. The van der Waals surface area contributed by atoms with E-state index in [1.54, 1.807) is 0 Å². The first-order chi connectivity index (χ1) is 12.3. The summed E-state index contributed by atoms with van der Waals surface area (Å²) in [6.07, 6.45) is -3.81. The van der Waals surface area contributed by atoms with Crippen molar-refractivity contribution < 1.29 is 27.5 Å². The van der Waals surface area contributed by atoms with E-state index in [1.165, 1.54) is 6.07 Å². The fraction of sp³-hybridized carbons (Fsp3) is 0.529. The molecule has 2 unspecified atom stereocenters. The van der Waals surface area contributed by atoms with Crippen LogP contribution in [-0.2, 0) is 15.7 Å². The summed E-state index contributed by atoms with van der Waals surface area (Å²) >= 11 is 0. The lowest BCUT2D eigenvalue weighted by Crippen LogP contribution is -2.47. The molecule has 0 bridgehead atoms. The first-order valence-corrected chi connectivity index (χ1v) is 8.38. The molecule has 152 valence electrons. The van der Waals surface area contributed by atoms with Crippen LogP contribution in [0.25, 0.3) is 0 Å². The van der Waals surface area contributed by atoms with Gasteiger partial charge in [-0.1, -0.05) is 13.0 Å². The normalized spacial score (nSPS) is 19.3. The largest absolute Gasteiger partial charge is 0.416 e. The van der Waals surface area contributed by atoms with E-state index in [0.717, 1.165) is 24.6 Å². The molecule has 1 fully saturated rings. The van der Waals surface area contributed by atoms with Crippen LogP contribution in [-0.4, -0.2) is 50.2 Å². The van der Waals surface area contributed by atoms with Gasteiger partial charge in [-0.2, -0.15) is 13.2 Å². The smallest absolute Gasteiger partial charge is 0.375 e. The Balaban J connectivity index is 0.00000364. The molecule has 0 spiro atoms. The van der Waals surface area contributed by atoms with Crippen molar-refractivity contribution in [1.29, 1.82) is 0 Å². The maximum Gasteiger partial charge on any atom is 0.416 e. The molecule has 1 aliphatic rings. The van der Waals surface area contributed by atoms with Crippen LogP contribution in [0.4, 0.5) is 13.2 Å². The minimum absolute atomic E-state index is 0. The molecule has 1 aromatic rings. The molecule has 0 radical (unpaired) electrons. The number of hydrogen-bond acceptors (Lipinski definition) is 4. The van der Waals surface area contributed by atoms with Crippen LogP contribution < -0.4 is 16.0 Å². The van der Waals surface area contributed by atoms with Crippen LogP contribution in [0.1, 0.15) is 29.3 Å². The predicted molar refractivity (Wildman–Crippen MR) is 95.9 cm³/mol. The van der Waals surface area contributed by atoms with Gasteiger partial charge in [-0.15, -0.1) is 12.4 Å². The Hall–Kier alpha value is -1.84. The van der Waals surface area contributed by atoms with Crippen molar-refractivity contribution in [3.63, 3.8) is 0 Å². The molecule has 1 aliphatic heterocycles. The standard InChI is InChI=1S/C17H22F3N3O3.ClH/c1-2-6-26-14-9-21-8-13(14)23-15(24)10-22-16(25)11-4-3-5-12(7-11)17(18,19)20;/h3-5,7,13-14,21H,2,6,8-10H2,1H3,(H,22,25)(H,23,24);1H. The van der Waals surface area contributed by atoms with Crippen molar-refractivity contribution in [2.75, 3.05) is 26.2 Å². The Morgan fingerprint density at radius 1 is 1.30 bits per heavy atom. The molecule has 2 amide bonds. The van der Waals surface area contributed by atoms with E-state index in [-0.39, 0.29) is 36.7 Å². The quantitative estimate of drug-likeness (QED) is 0.641. The van der Waals surface area contributed by atoms with Gasteiger partial charge in [0.2, 0.25) is 5.91 Å².